The van der Waals surface area contributed by atoms with Crippen molar-refractivity contribution in [3.63, 3.8) is 0 Å². The van der Waals surface area contributed by atoms with Gasteiger partial charge in [-0.05, 0) is 43.2 Å². The van der Waals surface area contributed by atoms with E-state index in [0.717, 1.165) is 24.8 Å². The van der Waals surface area contributed by atoms with Crippen molar-refractivity contribution in [3.8, 4) is 0 Å². The van der Waals surface area contributed by atoms with Crippen LogP contribution in [0.15, 0.2) is 23.6 Å². The lowest BCUT2D eigenvalue weighted by atomic mass is 9.87. The van der Waals surface area contributed by atoms with E-state index >= 15 is 0 Å². The van der Waals surface area contributed by atoms with Gasteiger partial charge < -0.3 is 5.32 Å². The molecule has 0 bridgehead atoms. The van der Waals surface area contributed by atoms with Gasteiger partial charge in [-0.2, -0.15) is 0 Å². The smallest absolute Gasteiger partial charge is 0.227 e. The lowest BCUT2D eigenvalue weighted by Crippen LogP contribution is -2.31. The largest absolute Gasteiger partial charge is 0.352 e. The van der Waals surface area contributed by atoms with Crippen LogP contribution in [0.25, 0.3) is 0 Å². The normalized spacial score (nSPS) is 18.9. The van der Waals surface area contributed by atoms with E-state index in [2.05, 4.69) is 23.3 Å². The lowest BCUT2D eigenvalue weighted by Gasteiger charge is -2.21. The minimum absolute atomic E-state index is 0.0642. The molecule has 1 aromatic rings. The molecule has 0 saturated carbocycles. The Labute approximate surface area is 100 Å². The third kappa shape index (κ3) is 2.35. The molecule has 0 fully saturated rings. The average Bonchev–Trinajstić information content (AvgIpc) is 2.73. The highest BCUT2D eigenvalue weighted by molar-refractivity contribution is 7.10. The molecule has 1 aliphatic rings. The lowest BCUT2D eigenvalue weighted by molar-refractivity contribution is -0.122. The summed E-state index contributed by atoms with van der Waals surface area (Å²) in [4.78, 5) is 13.4. The number of amides is 1. The van der Waals surface area contributed by atoms with Crippen molar-refractivity contribution in [3.05, 3.63) is 34.0 Å². The summed E-state index contributed by atoms with van der Waals surface area (Å²) in [5, 5.41) is 5.04. The molecule has 0 aromatic carbocycles. The maximum Gasteiger partial charge on any atom is 0.227 e. The molecule has 1 N–H and O–H groups in total. The standard InChI is InChI=1S/C13H17NOS/c1-9(2)8-14-13(15)11-4-3-5-12-10(11)6-7-16-12/h6-7,11H,1,3-5,8H2,2H3,(H,14,15). The first-order valence-electron chi connectivity index (χ1n) is 5.67. The summed E-state index contributed by atoms with van der Waals surface area (Å²) in [7, 11) is 0. The molecule has 1 aromatic heterocycles. The van der Waals surface area contributed by atoms with Gasteiger partial charge in [-0.15, -0.1) is 11.3 Å². The van der Waals surface area contributed by atoms with E-state index in [0.29, 0.717) is 6.54 Å². The van der Waals surface area contributed by atoms with Crippen LogP contribution in [0.5, 0.6) is 0 Å². The molecule has 0 spiro atoms. The minimum Gasteiger partial charge on any atom is -0.352 e. The zero-order valence-electron chi connectivity index (χ0n) is 9.58. The van der Waals surface area contributed by atoms with Gasteiger partial charge in [0.15, 0.2) is 0 Å². The number of rotatable bonds is 3. The maximum absolute atomic E-state index is 12.0. The average molecular weight is 235 g/mol. The zero-order chi connectivity index (χ0) is 11.5. The van der Waals surface area contributed by atoms with Crippen LogP contribution < -0.4 is 5.32 Å². The van der Waals surface area contributed by atoms with Gasteiger partial charge in [0.2, 0.25) is 5.91 Å². The molecular weight excluding hydrogens is 218 g/mol. The second-order valence-corrected chi connectivity index (χ2v) is 5.42. The zero-order valence-corrected chi connectivity index (χ0v) is 10.4. The van der Waals surface area contributed by atoms with Crippen molar-refractivity contribution in [1.29, 1.82) is 0 Å². The van der Waals surface area contributed by atoms with E-state index < -0.39 is 0 Å². The molecule has 86 valence electrons. The quantitative estimate of drug-likeness (QED) is 0.802. The van der Waals surface area contributed by atoms with Gasteiger partial charge in [0.25, 0.3) is 0 Å². The van der Waals surface area contributed by atoms with Gasteiger partial charge in [0.1, 0.15) is 0 Å². The topological polar surface area (TPSA) is 29.1 Å². The second-order valence-electron chi connectivity index (χ2n) is 4.42. The van der Waals surface area contributed by atoms with Gasteiger partial charge in [-0.1, -0.05) is 12.2 Å². The number of carbonyl (C=O) groups excluding carboxylic acids is 1. The van der Waals surface area contributed by atoms with E-state index in [4.69, 9.17) is 0 Å². The monoisotopic (exact) mass is 235 g/mol. The fourth-order valence-electron chi connectivity index (χ4n) is 2.12. The van der Waals surface area contributed by atoms with Crippen LogP contribution in [0.1, 0.15) is 36.1 Å². The predicted octanol–water partition coefficient (Wildman–Crippen LogP) is 2.86. The molecule has 1 amide bonds. The molecular formula is C13H17NOS. The fraction of sp³-hybridized carbons (Fsp3) is 0.462. The summed E-state index contributed by atoms with van der Waals surface area (Å²) in [6.45, 7) is 6.31. The van der Waals surface area contributed by atoms with Gasteiger partial charge in [-0.25, -0.2) is 0 Å². The summed E-state index contributed by atoms with van der Waals surface area (Å²) in [5.41, 5.74) is 2.24. The number of hydrogen-bond donors (Lipinski definition) is 1. The van der Waals surface area contributed by atoms with E-state index in [1.54, 1.807) is 11.3 Å². The summed E-state index contributed by atoms with van der Waals surface area (Å²) < 4.78 is 0. The molecule has 1 atom stereocenters. The second kappa shape index (κ2) is 4.83. The Hall–Kier alpha value is -1.09. The van der Waals surface area contributed by atoms with Crippen molar-refractivity contribution in [2.75, 3.05) is 6.54 Å². The minimum atomic E-state index is 0.0642. The molecule has 1 aliphatic carbocycles. The van der Waals surface area contributed by atoms with E-state index in [1.165, 1.54) is 10.4 Å². The molecule has 16 heavy (non-hydrogen) atoms. The maximum atomic E-state index is 12.0. The summed E-state index contributed by atoms with van der Waals surface area (Å²) in [5.74, 6) is 0.219. The van der Waals surface area contributed by atoms with Crippen LogP contribution in [0.3, 0.4) is 0 Å². The van der Waals surface area contributed by atoms with Crippen molar-refractivity contribution in [1.82, 2.24) is 5.32 Å². The molecule has 2 nitrogen and oxygen atoms in total. The molecule has 0 saturated heterocycles. The predicted molar refractivity (Wildman–Crippen MR) is 67.8 cm³/mol. The Morgan fingerprint density at radius 3 is 3.25 bits per heavy atom. The number of fused-ring (bicyclic) bond motifs is 1. The number of aryl methyl sites for hydroxylation is 1. The van der Waals surface area contributed by atoms with Crippen LogP contribution in [0, 0.1) is 0 Å². The van der Waals surface area contributed by atoms with E-state index in [1.807, 2.05) is 6.92 Å². The third-order valence-electron chi connectivity index (χ3n) is 2.93. The Morgan fingerprint density at radius 1 is 1.69 bits per heavy atom. The summed E-state index contributed by atoms with van der Waals surface area (Å²) >= 11 is 1.77. The Bertz CT molecular complexity index is 408. The number of thiophene rings is 1. The van der Waals surface area contributed by atoms with Crippen LogP contribution in [0.2, 0.25) is 0 Å². The highest BCUT2D eigenvalue weighted by Crippen LogP contribution is 2.34. The SMILES string of the molecule is C=C(C)CNC(=O)C1CCCc2sccc21. The van der Waals surface area contributed by atoms with Gasteiger partial charge in [-0.3, -0.25) is 4.79 Å². The molecule has 2 rings (SSSR count). The third-order valence-corrected chi connectivity index (χ3v) is 3.93. The van der Waals surface area contributed by atoms with Crippen LogP contribution in [-0.4, -0.2) is 12.5 Å². The fourth-order valence-corrected chi connectivity index (χ4v) is 3.11. The first kappa shape index (κ1) is 11.4. The van der Waals surface area contributed by atoms with Crippen LogP contribution >= 0.6 is 11.3 Å². The van der Waals surface area contributed by atoms with Gasteiger partial charge in [0.05, 0.1) is 5.92 Å². The Morgan fingerprint density at radius 2 is 2.50 bits per heavy atom. The molecule has 0 radical (unpaired) electrons. The van der Waals surface area contributed by atoms with E-state index in [9.17, 15) is 4.79 Å². The highest BCUT2D eigenvalue weighted by Gasteiger charge is 2.26. The number of nitrogens with one attached hydrogen (secondary N) is 1. The highest BCUT2D eigenvalue weighted by atomic mass is 32.1. The van der Waals surface area contributed by atoms with Crippen molar-refractivity contribution >= 4 is 17.2 Å². The Kier molecular flexibility index (Phi) is 3.44. The van der Waals surface area contributed by atoms with Crippen molar-refractivity contribution < 1.29 is 4.79 Å². The van der Waals surface area contributed by atoms with Crippen LogP contribution in [-0.2, 0) is 11.2 Å². The summed E-state index contributed by atoms with van der Waals surface area (Å²) in [6, 6.07) is 2.10. The van der Waals surface area contributed by atoms with Crippen molar-refractivity contribution in [2.24, 2.45) is 0 Å². The summed E-state index contributed by atoms with van der Waals surface area (Å²) in [6.07, 6.45) is 3.24. The molecule has 3 heteroatoms. The van der Waals surface area contributed by atoms with Crippen LogP contribution in [0.4, 0.5) is 0 Å². The van der Waals surface area contributed by atoms with Gasteiger partial charge >= 0.3 is 0 Å². The Balaban J connectivity index is 2.06. The van der Waals surface area contributed by atoms with E-state index in [-0.39, 0.29) is 11.8 Å². The molecule has 0 aliphatic heterocycles. The number of hydrogen-bond acceptors (Lipinski definition) is 2. The molecule has 1 heterocycles. The number of carbonyl (C=O) groups is 1. The first-order chi connectivity index (χ1) is 7.68. The molecule has 1 unspecified atom stereocenters. The first-order valence-corrected chi connectivity index (χ1v) is 6.55. The van der Waals surface area contributed by atoms with Gasteiger partial charge in [0, 0.05) is 11.4 Å². The van der Waals surface area contributed by atoms with Crippen molar-refractivity contribution in [2.45, 2.75) is 32.1 Å².